The summed E-state index contributed by atoms with van der Waals surface area (Å²) in [5, 5.41) is 15.6. The summed E-state index contributed by atoms with van der Waals surface area (Å²) in [6.45, 7) is 3.81. The van der Waals surface area contributed by atoms with E-state index >= 15 is 0 Å². The maximum absolute atomic E-state index is 12.3. The molecule has 4 rings (SSSR count). The van der Waals surface area contributed by atoms with E-state index in [1.54, 1.807) is 37.0 Å². The van der Waals surface area contributed by atoms with Crippen LogP contribution in [-0.4, -0.2) is 51.7 Å². The molecule has 0 bridgehead atoms. The number of rotatable bonds is 10. The van der Waals surface area contributed by atoms with Gasteiger partial charge in [-0.3, -0.25) is 4.79 Å². The number of nitrogens with one attached hydrogen (secondary N) is 2. The van der Waals surface area contributed by atoms with E-state index in [4.69, 9.17) is 14.2 Å². The number of aliphatic hydroxyl groups is 1. The molecule has 0 spiro atoms. The van der Waals surface area contributed by atoms with Gasteiger partial charge < -0.3 is 34.5 Å². The molecule has 3 aromatic rings. The summed E-state index contributed by atoms with van der Waals surface area (Å²) in [6, 6.07) is 14.5. The van der Waals surface area contributed by atoms with E-state index in [2.05, 4.69) is 22.5 Å². The Kier molecular flexibility index (Phi) is 9.99. The third kappa shape index (κ3) is 7.60. The lowest BCUT2D eigenvalue weighted by Gasteiger charge is -2.41. The number of anilines is 1. The Morgan fingerprint density at radius 1 is 1.15 bits per heavy atom. The predicted molar refractivity (Wildman–Crippen MR) is 147 cm³/mol. The Hall–Kier alpha value is -3.38. The lowest BCUT2D eigenvalue weighted by Crippen LogP contribution is -2.38. The number of carbonyl (C=O) groups excluding carboxylic acids is 2. The number of aromatic nitrogens is 2. The summed E-state index contributed by atoms with van der Waals surface area (Å²) >= 11 is 1.62. The Balaban J connectivity index is 1.51. The fourth-order valence-corrected chi connectivity index (χ4v) is 5.36. The highest BCUT2D eigenvalue weighted by Gasteiger charge is 2.38. The highest BCUT2D eigenvalue weighted by molar-refractivity contribution is 7.99. The lowest BCUT2D eigenvalue weighted by molar-refractivity contribution is -0.268. The molecule has 11 heteroatoms. The number of amides is 2. The molecule has 2 aromatic carbocycles. The smallest absolute Gasteiger partial charge is 0.325 e. The minimum absolute atomic E-state index is 0.0246. The van der Waals surface area contributed by atoms with Crippen molar-refractivity contribution in [3.05, 3.63) is 77.6 Å². The van der Waals surface area contributed by atoms with Gasteiger partial charge in [0.15, 0.2) is 11.4 Å². The molecule has 2 heterocycles. The average molecular weight is 555 g/mol. The number of hydrogen-bond donors (Lipinski definition) is 3. The van der Waals surface area contributed by atoms with Crippen molar-refractivity contribution in [2.24, 2.45) is 13.0 Å². The molecule has 1 saturated heterocycles. The minimum atomic E-state index is -0.681. The average Bonchev–Trinajstić information content (AvgIpc) is 3.36. The number of aliphatic hydroxyl groups excluding tert-OH is 1. The molecule has 39 heavy (non-hydrogen) atoms. The van der Waals surface area contributed by atoms with Crippen molar-refractivity contribution in [2.45, 2.75) is 44.1 Å². The number of nitrogens with zero attached hydrogens (tertiary/aromatic N) is 2. The summed E-state index contributed by atoms with van der Waals surface area (Å²) in [6.07, 6.45) is 2.59. The Labute approximate surface area is 232 Å². The second-order valence-corrected chi connectivity index (χ2v) is 10.2. The van der Waals surface area contributed by atoms with Crippen LogP contribution in [-0.2, 0) is 32.7 Å². The quantitative estimate of drug-likeness (QED) is 0.252. The second kappa shape index (κ2) is 13.6. The molecule has 1 aromatic heterocycles. The molecule has 1 fully saturated rings. The van der Waals surface area contributed by atoms with E-state index in [1.807, 2.05) is 54.2 Å². The van der Waals surface area contributed by atoms with Crippen molar-refractivity contribution in [1.29, 1.82) is 0 Å². The summed E-state index contributed by atoms with van der Waals surface area (Å²) < 4.78 is 19.8. The highest BCUT2D eigenvalue weighted by Crippen LogP contribution is 2.43. The van der Waals surface area contributed by atoms with Gasteiger partial charge in [-0.1, -0.05) is 55.1 Å². The molecule has 4 unspecified atom stereocenters. The van der Waals surface area contributed by atoms with Gasteiger partial charge in [0.1, 0.15) is 6.54 Å². The first-order valence-corrected chi connectivity index (χ1v) is 13.8. The van der Waals surface area contributed by atoms with Gasteiger partial charge in [-0.25, -0.2) is 9.78 Å². The molecule has 0 radical (unpaired) electrons. The van der Waals surface area contributed by atoms with Crippen LogP contribution in [0.4, 0.5) is 10.5 Å². The van der Waals surface area contributed by atoms with Crippen molar-refractivity contribution in [3.63, 3.8) is 0 Å². The predicted octanol–water partition coefficient (Wildman–Crippen LogP) is 4.18. The molecular formula is C28H34N4O6S. The van der Waals surface area contributed by atoms with Gasteiger partial charge in [0.2, 0.25) is 0 Å². The number of imidazole rings is 1. The lowest BCUT2D eigenvalue weighted by atomic mass is 9.91. The fraction of sp³-hybridized carbons (Fsp3) is 0.393. The summed E-state index contributed by atoms with van der Waals surface area (Å²) in [5.41, 5.74) is 3.10. The van der Waals surface area contributed by atoms with Gasteiger partial charge in [-0.05, 0) is 30.2 Å². The fourth-order valence-electron chi connectivity index (χ4n) is 4.26. The SMILES string of the molecule is CCOC(=O)CNC(=O)Nc1cccc(C2OC(CSc3nccn3C)C(C)C(c3ccc(CO)cc3)O2)c1. The van der Waals surface area contributed by atoms with Crippen molar-refractivity contribution in [2.75, 3.05) is 24.2 Å². The molecular weight excluding hydrogens is 520 g/mol. The van der Waals surface area contributed by atoms with Gasteiger partial charge in [0, 0.05) is 42.4 Å². The monoisotopic (exact) mass is 554 g/mol. The van der Waals surface area contributed by atoms with Crippen LogP contribution in [0.3, 0.4) is 0 Å². The first kappa shape index (κ1) is 28.6. The Morgan fingerprint density at radius 3 is 2.64 bits per heavy atom. The largest absolute Gasteiger partial charge is 0.465 e. The van der Waals surface area contributed by atoms with Crippen LogP contribution in [0.25, 0.3) is 0 Å². The topological polar surface area (TPSA) is 124 Å². The normalized spacial score (nSPS) is 20.8. The van der Waals surface area contributed by atoms with E-state index in [9.17, 15) is 14.7 Å². The highest BCUT2D eigenvalue weighted by atomic mass is 32.2. The van der Waals surface area contributed by atoms with E-state index in [0.717, 1.165) is 21.8 Å². The van der Waals surface area contributed by atoms with Gasteiger partial charge in [0.05, 0.1) is 25.4 Å². The van der Waals surface area contributed by atoms with E-state index in [-0.39, 0.29) is 37.9 Å². The van der Waals surface area contributed by atoms with Crippen molar-refractivity contribution in [3.8, 4) is 0 Å². The third-order valence-corrected chi connectivity index (χ3v) is 7.54. The maximum atomic E-state index is 12.3. The summed E-state index contributed by atoms with van der Waals surface area (Å²) in [4.78, 5) is 28.2. The number of aryl methyl sites for hydroxylation is 1. The van der Waals surface area contributed by atoms with Crippen LogP contribution in [0.5, 0.6) is 0 Å². The molecule has 3 N–H and O–H groups in total. The van der Waals surface area contributed by atoms with Crippen LogP contribution in [0.2, 0.25) is 0 Å². The van der Waals surface area contributed by atoms with Gasteiger partial charge in [-0.15, -0.1) is 0 Å². The zero-order valence-electron chi connectivity index (χ0n) is 22.2. The maximum Gasteiger partial charge on any atom is 0.325 e. The summed E-state index contributed by atoms with van der Waals surface area (Å²) in [5.74, 6) is 0.196. The first-order valence-electron chi connectivity index (χ1n) is 12.8. The zero-order valence-corrected chi connectivity index (χ0v) is 23.0. The Bertz CT molecular complexity index is 1250. The number of esters is 1. The van der Waals surface area contributed by atoms with E-state index in [0.29, 0.717) is 11.4 Å². The molecule has 0 saturated carbocycles. The molecule has 10 nitrogen and oxygen atoms in total. The molecule has 0 aliphatic carbocycles. The summed E-state index contributed by atoms with van der Waals surface area (Å²) in [7, 11) is 1.96. The van der Waals surface area contributed by atoms with Crippen LogP contribution in [0, 0.1) is 5.92 Å². The van der Waals surface area contributed by atoms with Gasteiger partial charge in [0.25, 0.3) is 0 Å². The molecule has 208 valence electrons. The zero-order chi connectivity index (χ0) is 27.8. The van der Waals surface area contributed by atoms with Gasteiger partial charge >= 0.3 is 12.0 Å². The number of urea groups is 1. The molecule has 4 atom stereocenters. The molecule has 1 aliphatic rings. The Morgan fingerprint density at radius 2 is 1.95 bits per heavy atom. The van der Waals surface area contributed by atoms with Gasteiger partial charge in [-0.2, -0.15) is 0 Å². The van der Waals surface area contributed by atoms with Crippen LogP contribution in [0.1, 0.15) is 42.9 Å². The standard InChI is InChI=1S/C28H34N4O6S/c1-4-36-24(34)15-30-27(35)31-22-7-5-6-21(14-22)26-37-23(17-39-28-29-12-13-32(28)3)18(2)25(38-26)20-10-8-19(16-33)9-11-20/h5-14,18,23,25-26,33H,4,15-17H2,1-3H3,(H2,30,31,35). The number of ether oxygens (including phenoxy) is 3. The number of hydrogen-bond acceptors (Lipinski definition) is 8. The third-order valence-electron chi connectivity index (χ3n) is 6.39. The van der Waals surface area contributed by atoms with E-state index < -0.39 is 18.3 Å². The van der Waals surface area contributed by atoms with Crippen molar-refractivity contribution < 1.29 is 28.9 Å². The second-order valence-electron chi connectivity index (χ2n) is 9.19. The number of benzene rings is 2. The molecule has 1 aliphatic heterocycles. The van der Waals surface area contributed by atoms with E-state index in [1.165, 1.54) is 0 Å². The number of thioether (sulfide) groups is 1. The van der Waals surface area contributed by atoms with Crippen LogP contribution in [0.15, 0.2) is 66.1 Å². The van der Waals surface area contributed by atoms with Crippen molar-refractivity contribution in [1.82, 2.24) is 14.9 Å². The first-order chi connectivity index (χ1) is 18.9. The van der Waals surface area contributed by atoms with Crippen molar-refractivity contribution >= 4 is 29.4 Å². The minimum Gasteiger partial charge on any atom is -0.465 e. The van der Waals surface area contributed by atoms with Crippen LogP contribution >= 0.6 is 11.8 Å². The van der Waals surface area contributed by atoms with Crippen LogP contribution < -0.4 is 10.6 Å². The number of carbonyl (C=O) groups is 2. The molecule has 2 amide bonds.